The molecule has 0 aliphatic carbocycles. The first-order chi connectivity index (χ1) is 11.5. The molecule has 0 saturated carbocycles. The van der Waals surface area contributed by atoms with Crippen LogP contribution in [0.25, 0.3) is 0 Å². The van der Waals surface area contributed by atoms with E-state index in [1.165, 1.54) is 12.1 Å². The van der Waals surface area contributed by atoms with Crippen molar-refractivity contribution < 1.29 is 24.5 Å². The Morgan fingerprint density at radius 2 is 1.75 bits per heavy atom. The van der Waals surface area contributed by atoms with Gasteiger partial charge in [0.05, 0.1) is 17.9 Å². The molecule has 0 atom stereocenters. The summed E-state index contributed by atoms with van der Waals surface area (Å²) >= 11 is 0. The summed E-state index contributed by atoms with van der Waals surface area (Å²) in [6, 6.07) is 11.9. The lowest BCUT2D eigenvalue weighted by molar-refractivity contribution is 0.0695. The minimum absolute atomic E-state index is 0.0687. The Labute approximate surface area is 140 Å². The minimum atomic E-state index is -1.04. The van der Waals surface area contributed by atoms with Crippen LogP contribution in [0.4, 0.5) is 0 Å². The number of ether oxygens (including phenoxy) is 2. The maximum atomic E-state index is 11.3. The van der Waals surface area contributed by atoms with E-state index in [1.54, 1.807) is 24.3 Å². The quantitative estimate of drug-likeness (QED) is 0.728. The van der Waals surface area contributed by atoms with Crippen molar-refractivity contribution in [3.63, 3.8) is 0 Å². The number of hydrogen-bond acceptors (Lipinski definition) is 4. The fourth-order valence-corrected chi connectivity index (χ4v) is 2.11. The Bertz CT molecular complexity index is 717. The molecule has 0 saturated heterocycles. The second kappa shape index (κ2) is 8.06. The monoisotopic (exact) mass is 328 g/mol. The Kier molecular flexibility index (Phi) is 5.84. The summed E-state index contributed by atoms with van der Waals surface area (Å²) in [6.07, 6.45) is 3.21. The van der Waals surface area contributed by atoms with Crippen LogP contribution in [0.2, 0.25) is 0 Å². The summed E-state index contributed by atoms with van der Waals surface area (Å²) in [4.78, 5) is 11.3. The van der Waals surface area contributed by atoms with E-state index < -0.39 is 5.97 Å². The van der Waals surface area contributed by atoms with Crippen LogP contribution in [-0.4, -0.2) is 22.3 Å². The Balaban J connectivity index is 2.21. The number of allylic oxidation sites excluding steroid dienone is 1. The van der Waals surface area contributed by atoms with E-state index in [0.717, 1.165) is 11.8 Å². The van der Waals surface area contributed by atoms with Crippen LogP contribution in [-0.2, 0) is 6.42 Å². The van der Waals surface area contributed by atoms with E-state index in [0.29, 0.717) is 23.7 Å². The molecule has 0 amide bonds. The highest BCUT2D eigenvalue weighted by molar-refractivity contribution is 5.88. The Hall–Kier alpha value is -2.95. The molecular formula is C19H20O5. The predicted octanol–water partition coefficient (Wildman–Crippen LogP) is 4.58. The number of carbonyl (C=O) groups is 1. The zero-order valence-electron chi connectivity index (χ0n) is 13.6. The van der Waals surface area contributed by atoms with Crippen molar-refractivity contribution in [3.8, 4) is 17.2 Å². The molecule has 0 spiro atoms. The minimum Gasteiger partial charge on any atom is -0.516 e. The number of hydrogen-bond donors (Lipinski definition) is 2. The molecule has 0 heterocycles. The molecule has 126 valence electrons. The van der Waals surface area contributed by atoms with Crippen LogP contribution in [0.15, 0.2) is 54.8 Å². The van der Waals surface area contributed by atoms with Gasteiger partial charge in [0, 0.05) is 6.07 Å². The lowest BCUT2D eigenvalue weighted by atomic mass is 10.1. The molecule has 0 fully saturated rings. The lowest BCUT2D eigenvalue weighted by Gasteiger charge is -2.13. The maximum absolute atomic E-state index is 11.3. The van der Waals surface area contributed by atoms with E-state index >= 15 is 0 Å². The van der Waals surface area contributed by atoms with Gasteiger partial charge in [0.2, 0.25) is 0 Å². The normalized spacial score (nSPS) is 11.0. The number of aliphatic hydroxyl groups excluding tert-OH is 1. The van der Waals surface area contributed by atoms with E-state index in [1.807, 2.05) is 26.0 Å². The maximum Gasteiger partial charge on any atom is 0.335 e. The largest absolute Gasteiger partial charge is 0.516 e. The van der Waals surface area contributed by atoms with E-state index in [2.05, 4.69) is 0 Å². The highest BCUT2D eigenvalue weighted by atomic mass is 16.5. The van der Waals surface area contributed by atoms with Crippen molar-refractivity contribution in [1.82, 2.24) is 0 Å². The molecule has 2 rings (SSSR count). The zero-order valence-corrected chi connectivity index (χ0v) is 13.6. The number of carboxylic acids is 1. The Morgan fingerprint density at radius 3 is 2.33 bits per heavy atom. The van der Waals surface area contributed by atoms with E-state index in [4.69, 9.17) is 14.6 Å². The molecule has 0 radical (unpaired) electrons. The number of aliphatic hydroxyl groups is 1. The van der Waals surface area contributed by atoms with Gasteiger partial charge < -0.3 is 19.7 Å². The molecule has 2 aromatic carbocycles. The number of carboxylic acid groups (broad SMARTS) is 1. The number of aromatic carboxylic acids is 1. The smallest absolute Gasteiger partial charge is 0.335 e. The van der Waals surface area contributed by atoms with Gasteiger partial charge in [0.25, 0.3) is 0 Å². The van der Waals surface area contributed by atoms with Crippen molar-refractivity contribution in [2.24, 2.45) is 0 Å². The van der Waals surface area contributed by atoms with Gasteiger partial charge in [-0.25, -0.2) is 4.79 Å². The molecule has 0 aromatic heterocycles. The molecule has 0 aliphatic rings. The molecule has 2 N–H and O–H groups in total. The van der Waals surface area contributed by atoms with E-state index in [9.17, 15) is 9.90 Å². The number of rotatable bonds is 7. The summed E-state index contributed by atoms with van der Waals surface area (Å²) in [5, 5.41) is 17.9. The summed E-state index contributed by atoms with van der Waals surface area (Å²) in [7, 11) is 0. The van der Waals surface area contributed by atoms with Crippen molar-refractivity contribution >= 4 is 5.97 Å². The highest BCUT2D eigenvalue weighted by Gasteiger charge is 2.10. The van der Waals surface area contributed by atoms with Gasteiger partial charge in [0.15, 0.2) is 0 Å². The standard InChI is InChI=1S/C19H20O5/c1-13(2)23-17-10-15(19(21)22)11-18(12-17)24-16-7-5-14(6-8-16)4-3-9-20/h3,5-13,20H,4H2,1-2H3,(H,21,22)/b9-3-. The second-order valence-electron chi connectivity index (χ2n) is 5.50. The van der Waals surface area contributed by atoms with Gasteiger partial charge in [-0.1, -0.05) is 12.1 Å². The van der Waals surface area contributed by atoms with Crippen LogP contribution in [0.5, 0.6) is 17.2 Å². The molecular weight excluding hydrogens is 308 g/mol. The summed E-state index contributed by atoms with van der Waals surface area (Å²) in [5.41, 5.74) is 1.13. The zero-order chi connectivity index (χ0) is 17.5. The molecule has 0 unspecified atom stereocenters. The van der Waals surface area contributed by atoms with Crippen molar-refractivity contribution in [1.29, 1.82) is 0 Å². The van der Waals surface area contributed by atoms with Crippen LogP contribution in [0.1, 0.15) is 29.8 Å². The second-order valence-corrected chi connectivity index (χ2v) is 5.50. The van der Waals surface area contributed by atoms with E-state index in [-0.39, 0.29) is 11.7 Å². The average molecular weight is 328 g/mol. The molecule has 5 heteroatoms. The van der Waals surface area contributed by atoms with Gasteiger partial charge in [-0.05, 0) is 56.2 Å². The van der Waals surface area contributed by atoms with Gasteiger partial charge >= 0.3 is 5.97 Å². The SMILES string of the molecule is CC(C)Oc1cc(Oc2ccc(C/C=C\O)cc2)cc(C(=O)O)c1. The van der Waals surface area contributed by atoms with Crippen LogP contribution < -0.4 is 9.47 Å². The summed E-state index contributed by atoms with van der Waals surface area (Å²) < 4.78 is 11.3. The molecule has 0 bridgehead atoms. The third kappa shape index (κ3) is 5.05. The topological polar surface area (TPSA) is 76.0 Å². The first-order valence-corrected chi connectivity index (χ1v) is 7.59. The van der Waals surface area contributed by atoms with Gasteiger partial charge in [-0.2, -0.15) is 0 Å². The molecule has 0 aliphatic heterocycles. The van der Waals surface area contributed by atoms with Crippen molar-refractivity contribution in [2.75, 3.05) is 0 Å². The average Bonchev–Trinajstić information content (AvgIpc) is 2.53. The fraction of sp³-hybridized carbons (Fsp3) is 0.211. The molecule has 24 heavy (non-hydrogen) atoms. The third-order valence-corrected chi connectivity index (χ3v) is 3.12. The number of benzene rings is 2. The molecule has 2 aromatic rings. The summed E-state index contributed by atoms with van der Waals surface area (Å²) in [6.45, 7) is 3.74. The summed E-state index contributed by atoms with van der Waals surface area (Å²) in [5.74, 6) is 0.392. The van der Waals surface area contributed by atoms with Crippen molar-refractivity contribution in [2.45, 2.75) is 26.4 Å². The first kappa shape index (κ1) is 17.4. The highest BCUT2D eigenvalue weighted by Crippen LogP contribution is 2.28. The Morgan fingerprint density at radius 1 is 1.08 bits per heavy atom. The predicted molar refractivity (Wildman–Crippen MR) is 91.2 cm³/mol. The van der Waals surface area contributed by atoms with Gasteiger partial charge in [-0.3, -0.25) is 0 Å². The van der Waals surface area contributed by atoms with Crippen LogP contribution in [0, 0.1) is 0 Å². The van der Waals surface area contributed by atoms with Crippen LogP contribution in [0.3, 0.4) is 0 Å². The van der Waals surface area contributed by atoms with Gasteiger partial charge in [-0.15, -0.1) is 0 Å². The van der Waals surface area contributed by atoms with Gasteiger partial charge in [0.1, 0.15) is 17.2 Å². The molecule has 5 nitrogen and oxygen atoms in total. The first-order valence-electron chi connectivity index (χ1n) is 7.59. The van der Waals surface area contributed by atoms with Crippen LogP contribution >= 0.6 is 0 Å². The van der Waals surface area contributed by atoms with Crippen molar-refractivity contribution in [3.05, 3.63) is 65.9 Å². The fourth-order valence-electron chi connectivity index (χ4n) is 2.11. The third-order valence-electron chi connectivity index (χ3n) is 3.12. The lowest BCUT2D eigenvalue weighted by Crippen LogP contribution is -2.07.